The van der Waals surface area contributed by atoms with Gasteiger partial charge in [-0.1, -0.05) is 0 Å². The first-order valence-corrected chi connectivity index (χ1v) is 6.39. The minimum absolute atomic E-state index is 0. The van der Waals surface area contributed by atoms with E-state index in [1.54, 1.807) is 0 Å². The molecule has 0 aliphatic rings. The van der Waals surface area contributed by atoms with Crippen molar-refractivity contribution in [3.63, 3.8) is 0 Å². The average molecular weight is 298 g/mol. The third kappa shape index (κ3) is 389. The number of hydrogen-bond acceptors (Lipinski definition) is 3. The summed E-state index contributed by atoms with van der Waals surface area (Å²) in [7, 11) is 0. The summed E-state index contributed by atoms with van der Waals surface area (Å²) in [5, 5.41) is 0. The van der Waals surface area contributed by atoms with Crippen molar-refractivity contribution in [2.45, 2.75) is 0 Å². The molecule has 0 aliphatic heterocycles. The second kappa shape index (κ2) is 8.38. The van der Waals surface area contributed by atoms with Crippen molar-refractivity contribution in [2.24, 2.45) is 0 Å². The van der Waals surface area contributed by atoms with E-state index < -0.39 is 27.9 Å². The molecule has 0 unspecified atom stereocenters. The van der Waals surface area contributed by atoms with E-state index in [4.69, 9.17) is 28.3 Å². The van der Waals surface area contributed by atoms with Gasteiger partial charge in [-0.25, -0.2) is 0 Å². The van der Waals surface area contributed by atoms with Gasteiger partial charge >= 0.3 is 85.7 Å². The van der Waals surface area contributed by atoms with Crippen molar-refractivity contribution < 1.29 is 59.2 Å². The van der Waals surface area contributed by atoms with Gasteiger partial charge in [0, 0.05) is 0 Å². The van der Waals surface area contributed by atoms with E-state index in [1.807, 2.05) is 0 Å². The standard InChI is InChI=1S/Na.H2O4Se.H2O3Se.H/c;1-5(2,3)4;1-4(2)3;/h;(H2,1,2,3,4);(H2,1,2,3);/q+1;;;-1. The van der Waals surface area contributed by atoms with Crippen molar-refractivity contribution in [2.75, 3.05) is 0 Å². The zero-order valence-electron chi connectivity index (χ0n) is 5.83. The second-order valence-electron chi connectivity index (χ2n) is 0.679. The predicted molar refractivity (Wildman–Crippen MR) is 23.6 cm³/mol. The molecule has 0 rings (SSSR count). The molecule has 0 amide bonds. The Morgan fingerprint density at radius 2 is 1.20 bits per heavy atom. The molecule has 0 saturated carbocycles. The number of rotatable bonds is 0. The molecule has 0 spiro atoms. The Hall–Kier alpha value is 1.28. The maximum atomic E-state index is 8.82. The summed E-state index contributed by atoms with van der Waals surface area (Å²) in [6.07, 6.45) is 0. The van der Waals surface area contributed by atoms with Crippen LogP contribution >= 0.6 is 0 Å². The summed E-state index contributed by atoms with van der Waals surface area (Å²) in [6.45, 7) is 0. The molecule has 10 heteroatoms. The molecule has 0 bridgehead atoms. The van der Waals surface area contributed by atoms with E-state index in [0.717, 1.165) is 0 Å². The molecule has 0 aromatic rings. The van der Waals surface area contributed by atoms with E-state index in [2.05, 4.69) is 0 Å². The van der Waals surface area contributed by atoms with Crippen LogP contribution in [0.2, 0.25) is 0 Å². The summed E-state index contributed by atoms with van der Waals surface area (Å²) >= 11 is -8.54. The van der Waals surface area contributed by atoms with Gasteiger partial charge in [0.2, 0.25) is 0 Å². The van der Waals surface area contributed by atoms with Gasteiger partial charge in [-0.2, -0.15) is 0 Å². The van der Waals surface area contributed by atoms with Gasteiger partial charge in [0.25, 0.3) is 0 Å². The van der Waals surface area contributed by atoms with E-state index in [9.17, 15) is 0 Å². The maximum absolute atomic E-state index is 8.82. The molecule has 0 saturated heterocycles. The molecule has 0 fully saturated rings. The van der Waals surface area contributed by atoms with Crippen LogP contribution in [0.3, 0.4) is 0 Å². The van der Waals surface area contributed by atoms with Gasteiger partial charge in [0.15, 0.2) is 0 Å². The third-order valence-electron chi connectivity index (χ3n) is 0. The van der Waals surface area contributed by atoms with Crippen LogP contribution in [0.25, 0.3) is 0 Å². The molecule has 0 heterocycles. The largest absolute Gasteiger partial charge is 1.00 e. The van der Waals surface area contributed by atoms with Crippen LogP contribution in [0, 0.1) is 0 Å². The molecule has 4 N–H and O–H groups in total. The zero-order chi connectivity index (χ0) is 8.08. The molecule has 0 atom stereocenters. The molecule has 0 aromatic carbocycles. The molecule has 60 valence electrons. The second-order valence-corrected chi connectivity index (χ2v) is 3.53. The van der Waals surface area contributed by atoms with Crippen molar-refractivity contribution >= 4 is 27.9 Å². The van der Waals surface area contributed by atoms with Crippen molar-refractivity contribution in [1.82, 2.24) is 0 Å². The minimum atomic E-state index is -5.25. The SMILES string of the molecule is O=[Se](=O)(O)O.O=[Se](O)O.[H-].[Na+]. The summed E-state index contributed by atoms with van der Waals surface area (Å²) < 4.78 is 55.0. The van der Waals surface area contributed by atoms with E-state index in [-0.39, 0.29) is 31.0 Å². The Balaban J connectivity index is -0.0000000383. The summed E-state index contributed by atoms with van der Waals surface area (Å²) in [5.41, 5.74) is 0. The van der Waals surface area contributed by atoms with E-state index >= 15 is 0 Å². The van der Waals surface area contributed by atoms with Gasteiger partial charge in [0.05, 0.1) is 0 Å². The van der Waals surface area contributed by atoms with Crippen LogP contribution in [0.4, 0.5) is 0 Å². The molecule has 0 radical (unpaired) electrons. The van der Waals surface area contributed by atoms with Crippen LogP contribution in [-0.2, 0) is 11.5 Å². The molecule has 0 aliphatic carbocycles. The van der Waals surface area contributed by atoms with Gasteiger partial charge in [-0.15, -0.1) is 0 Å². The number of hydrogen-bond donors (Lipinski definition) is 4. The van der Waals surface area contributed by atoms with Crippen LogP contribution < -0.4 is 29.6 Å². The van der Waals surface area contributed by atoms with Crippen molar-refractivity contribution in [3.8, 4) is 0 Å². The predicted octanol–water partition coefficient (Wildman–Crippen LogP) is -6.23. The summed E-state index contributed by atoms with van der Waals surface area (Å²) in [6, 6.07) is 0. The van der Waals surface area contributed by atoms with Crippen molar-refractivity contribution in [3.05, 3.63) is 0 Å². The molecular formula is H5NaO7Se2. The quantitative estimate of drug-likeness (QED) is 0.327. The smallest absolute Gasteiger partial charge is 1.00 e. The van der Waals surface area contributed by atoms with Crippen LogP contribution in [0.1, 0.15) is 1.43 Å². The first-order chi connectivity index (χ1) is 3.73. The Kier molecular flexibility index (Phi) is 14.6. The topological polar surface area (TPSA) is 132 Å². The van der Waals surface area contributed by atoms with Crippen LogP contribution in [-0.4, -0.2) is 44.6 Å². The third-order valence-corrected chi connectivity index (χ3v) is 0. The van der Waals surface area contributed by atoms with E-state index in [0.29, 0.717) is 0 Å². The minimum Gasteiger partial charge on any atom is -1.00 e. The van der Waals surface area contributed by atoms with Gasteiger partial charge in [-0.05, 0) is 0 Å². The normalized spacial score (nSPS) is 9.30. The monoisotopic (exact) mass is 300 g/mol. The van der Waals surface area contributed by atoms with Gasteiger partial charge in [-0.3, -0.25) is 0 Å². The fourth-order valence-corrected chi connectivity index (χ4v) is 0. The van der Waals surface area contributed by atoms with Crippen LogP contribution in [0.15, 0.2) is 0 Å². The molecular weight excluding hydrogens is 293 g/mol. The first kappa shape index (κ1) is 17.4. The fraction of sp³-hybridized carbons (Fsp3) is 0. The maximum Gasteiger partial charge on any atom is 1.00 e. The Labute approximate surface area is 86.5 Å². The summed E-state index contributed by atoms with van der Waals surface area (Å²) in [5.74, 6) is 0. The Bertz CT molecular complexity index is 159. The zero-order valence-corrected chi connectivity index (χ0v) is 10.3. The van der Waals surface area contributed by atoms with Crippen LogP contribution in [0.5, 0.6) is 0 Å². The Morgan fingerprint density at radius 1 is 1.20 bits per heavy atom. The Morgan fingerprint density at radius 3 is 1.20 bits per heavy atom. The summed E-state index contributed by atoms with van der Waals surface area (Å²) in [4.78, 5) is 0. The molecule has 7 nitrogen and oxygen atoms in total. The molecule has 0 aromatic heterocycles. The fourth-order valence-electron chi connectivity index (χ4n) is 0. The van der Waals surface area contributed by atoms with Gasteiger partial charge in [0.1, 0.15) is 0 Å². The first-order valence-electron chi connectivity index (χ1n) is 1.23. The van der Waals surface area contributed by atoms with Crippen molar-refractivity contribution in [1.29, 1.82) is 0 Å². The van der Waals surface area contributed by atoms with E-state index in [1.165, 1.54) is 0 Å². The average Bonchev–Trinajstić information content (AvgIpc) is 1.19. The van der Waals surface area contributed by atoms with Gasteiger partial charge < -0.3 is 1.43 Å². The molecule has 10 heavy (non-hydrogen) atoms.